The molecule has 6 rings (SSSR count). The Hall–Kier alpha value is -5.59. The number of carbonyl (C=O) groups is 6. The van der Waals surface area contributed by atoms with Crippen molar-refractivity contribution in [3.8, 4) is 23.0 Å². The van der Waals surface area contributed by atoms with Gasteiger partial charge in [-0.15, -0.1) is 0 Å². The monoisotopic (exact) mass is 897 g/mol. The van der Waals surface area contributed by atoms with Crippen LogP contribution in [0.4, 0.5) is 0 Å². The summed E-state index contributed by atoms with van der Waals surface area (Å²) in [7, 11) is -8.28. The van der Waals surface area contributed by atoms with E-state index in [0.29, 0.717) is 0 Å². The number of nitrogens with one attached hydrogen (secondary N) is 2. The second-order valence-electron chi connectivity index (χ2n) is 13.1. The van der Waals surface area contributed by atoms with Crippen molar-refractivity contribution in [3.05, 3.63) is 117 Å². The molecule has 2 amide bonds. The van der Waals surface area contributed by atoms with E-state index >= 15 is 0 Å². The Balaban J connectivity index is 0.000000256. The topological polar surface area (TPSA) is 307 Å². The third-order valence-corrected chi connectivity index (χ3v) is 10.8. The van der Waals surface area contributed by atoms with Gasteiger partial charge in [0, 0.05) is 64.5 Å². The number of phenolic OH excluding ortho intramolecular Hbond substituents is 2. The van der Waals surface area contributed by atoms with Crippen molar-refractivity contribution < 1.29 is 94.3 Å². The van der Waals surface area contributed by atoms with Crippen molar-refractivity contribution in [1.29, 1.82) is 0 Å². The Labute approximate surface area is 347 Å². The average Bonchev–Trinajstić information content (AvgIpc) is 3.17. The van der Waals surface area contributed by atoms with Crippen LogP contribution < -0.4 is 20.1 Å². The molecule has 0 saturated carbocycles. The van der Waals surface area contributed by atoms with Crippen LogP contribution >= 0.6 is 0 Å². The summed E-state index contributed by atoms with van der Waals surface area (Å²) in [4.78, 5) is 128. The summed E-state index contributed by atoms with van der Waals surface area (Å²) < 4.78 is 10.8. The first-order valence-corrected chi connectivity index (χ1v) is 21.7. The van der Waals surface area contributed by atoms with E-state index in [9.17, 15) is 39.0 Å². The van der Waals surface area contributed by atoms with Crippen molar-refractivity contribution in [2.24, 2.45) is 0 Å². The summed E-state index contributed by atoms with van der Waals surface area (Å²) in [6.45, 7) is -0.727. The minimum absolute atomic E-state index is 0. The van der Waals surface area contributed by atoms with Crippen LogP contribution in [0.5, 0.6) is 23.0 Å². The standard InChI is InChI=1S/2C19H19NO8Si.Cu/c2*21-13-6-7-14(28-10-15(22)20-8-3-9-29(25,26)27)17-16(13)18(23)11-4-1-2-5-12(11)19(17)24;/h2*1-2,4-7,21,25-27H,3,8-10H2,(H,20,22);. The Morgan fingerprint density at radius 3 is 1.10 bits per heavy atom. The summed E-state index contributed by atoms with van der Waals surface area (Å²) in [6.07, 6.45) is 0.333. The number of carbonyl (C=O) groups excluding carboxylic acids is 6. The maximum atomic E-state index is 12.9. The van der Waals surface area contributed by atoms with E-state index in [1.165, 1.54) is 48.5 Å². The fourth-order valence-corrected chi connectivity index (χ4v) is 7.39. The zero-order valence-electron chi connectivity index (χ0n) is 30.7. The first-order chi connectivity index (χ1) is 27.4. The molecule has 0 saturated heterocycles. The molecule has 21 heteroatoms. The molecule has 4 aromatic rings. The molecular formula is C38H38CuN2O16Si2. The van der Waals surface area contributed by atoms with Gasteiger partial charge in [0.05, 0.1) is 22.3 Å². The SMILES string of the molecule is O=C(COc1ccc(O)c2c1C(=O)c1ccccc1C2=O)NCCC[Si](O)(O)O.O=C(COc1ccc(O)c2c1C(=O)c1ccccc1C2=O)NCCC[Si](O)(O)O.[Cu]. The van der Waals surface area contributed by atoms with Gasteiger partial charge in [0.1, 0.15) is 23.0 Å². The van der Waals surface area contributed by atoms with Gasteiger partial charge in [-0.2, -0.15) is 0 Å². The van der Waals surface area contributed by atoms with Crippen molar-refractivity contribution >= 4 is 52.6 Å². The fraction of sp³-hybridized carbons (Fsp3) is 0.211. The average molecular weight is 898 g/mol. The molecule has 0 atom stereocenters. The molecule has 0 spiro atoms. The zero-order chi connectivity index (χ0) is 42.4. The fourth-order valence-electron chi connectivity index (χ4n) is 6.09. The molecule has 4 aromatic carbocycles. The van der Waals surface area contributed by atoms with E-state index in [-0.39, 0.29) is 123 Å². The molecule has 0 aliphatic heterocycles. The maximum absolute atomic E-state index is 12.9. The molecule has 2 aliphatic carbocycles. The van der Waals surface area contributed by atoms with Gasteiger partial charge >= 0.3 is 17.6 Å². The summed E-state index contributed by atoms with van der Waals surface area (Å²) in [5.74, 6) is -3.79. The van der Waals surface area contributed by atoms with Crippen LogP contribution in [0.2, 0.25) is 12.1 Å². The number of hydrogen-bond acceptors (Lipinski definition) is 16. The van der Waals surface area contributed by atoms with E-state index in [1.54, 1.807) is 24.3 Å². The molecule has 18 nitrogen and oxygen atoms in total. The van der Waals surface area contributed by atoms with E-state index in [1.807, 2.05) is 0 Å². The van der Waals surface area contributed by atoms with Crippen LogP contribution in [0.15, 0.2) is 72.8 Å². The van der Waals surface area contributed by atoms with Crippen molar-refractivity contribution in [3.63, 3.8) is 0 Å². The largest absolute Gasteiger partial charge is 0.507 e. The van der Waals surface area contributed by atoms with Crippen LogP contribution in [0, 0.1) is 0 Å². The van der Waals surface area contributed by atoms with Gasteiger partial charge in [-0.3, -0.25) is 28.8 Å². The molecule has 0 aromatic heterocycles. The quantitative estimate of drug-likeness (QED) is 0.0506. The predicted octanol–water partition coefficient (Wildman–Crippen LogP) is -0.0655. The molecule has 0 fully saturated rings. The second-order valence-corrected chi connectivity index (χ2v) is 17.2. The molecule has 0 bridgehead atoms. The molecule has 1 radical (unpaired) electrons. The van der Waals surface area contributed by atoms with E-state index in [0.717, 1.165) is 0 Å². The van der Waals surface area contributed by atoms with Gasteiger partial charge in [0.25, 0.3) is 11.8 Å². The summed E-state index contributed by atoms with van der Waals surface area (Å²) in [6, 6.07) is 17.1. The molecule has 0 heterocycles. The number of fused-ring (bicyclic) bond motifs is 4. The van der Waals surface area contributed by atoms with Crippen LogP contribution in [0.1, 0.15) is 76.5 Å². The van der Waals surface area contributed by atoms with Gasteiger partial charge in [-0.1, -0.05) is 48.5 Å². The number of benzene rings is 4. The zero-order valence-corrected chi connectivity index (χ0v) is 33.7. The predicted molar refractivity (Wildman–Crippen MR) is 204 cm³/mol. The van der Waals surface area contributed by atoms with Gasteiger partial charge in [-0.05, 0) is 37.1 Å². The third-order valence-electron chi connectivity index (χ3n) is 8.77. The molecule has 2 aliphatic rings. The Kier molecular flexibility index (Phi) is 15.2. The first-order valence-electron chi connectivity index (χ1n) is 17.6. The van der Waals surface area contributed by atoms with Gasteiger partial charge < -0.3 is 59.1 Å². The van der Waals surface area contributed by atoms with Crippen molar-refractivity contribution in [2.45, 2.75) is 24.9 Å². The summed E-state index contributed by atoms with van der Waals surface area (Å²) >= 11 is 0. The number of aromatic hydroxyl groups is 2. The van der Waals surface area contributed by atoms with Crippen molar-refractivity contribution in [2.75, 3.05) is 26.3 Å². The summed E-state index contributed by atoms with van der Waals surface area (Å²) in [5.41, 5.74) is 0.224. The number of ether oxygens (including phenoxy) is 2. The molecule has 0 unspecified atom stereocenters. The van der Waals surface area contributed by atoms with Crippen LogP contribution in [0.3, 0.4) is 0 Å². The molecular weight excluding hydrogens is 860 g/mol. The Bertz CT molecular complexity index is 2130. The maximum Gasteiger partial charge on any atom is 0.492 e. The minimum Gasteiger partial charge on any atom is -0.507 e. The molecule has 59 heavy (non-hydrogen) atoms. The normalized spacial score (nSPS) is 12.7. The van der Waals surface area contributed by atoms with E-state index < -0.39 is 65.8 Å². The van der Waals surface area contributed by atoms with Crippen LogP contribution in [-0.4, -0.2) is 118 Å². The molecule has 315 valence electrons. The van der Waals surface area contributed by atoms with Gasteiger partial charge in [0.2, 0.25) is 0 Å². The number of rotatable bonds is 14. The van der Waals surface area contributed by atoms with Gasteiger partial charge in [0.15, 0.2) is 36.3 Å². The van der Waals surface area contributed by atoms with Gasteiger partial charge in [-0.25, -0.2) is 0 Å². The number of hydrogen-bond donors (Lipinski definition) is 10. The Morgan fingerprint density at radius 1 is 0.492 bits per heavy atom. The first kappa shape index (κ1) is 46.1. The number of ketones is 4. The van der Waals surface area contributed by atoms with Crippen LogP contribution in [-0.2, 0) is 26.7 Å². The smallest absolute Gasteiger partial charge is 0.492 e. The Morgan fingerprint density at radius 2 is 0.797 bits per heavy atom. The minimum atomic E-state index is -4.14. The van der Waals surface area contributed by atoms with Crippen LogP contribution in [0.25, 0.3) is 0 Å². The van der Waals surface area contributed by atoms with Crippen molar-refractivity contribution in [1.82, 2.24) is 10.6 Å². The second kappa shape index (κ2) is 19.4. The van der Waals surface area contributed by atoms with E-state index in [2.05, 4.69) is 10.6 Å². The summed E-state index contributed by atoms with van der Waals surface area (Å²) in [5, 5.41) is 25.2. The van der Waals surface area contributed by atoms with E-state index in [4.69, 9.17) is 38.2 Å². The third kappa shape index (κ3) is 11.3. The molecule has 10 N–H and O–H groups in total. The number of phenols is 2. The number of amides is 2.